The largest absolute Gasteiger partial charge is 0.481 e. The second kappa shape index (κ2) is 4.64. The molecule has 1 fully saturated rings. The van der Waals surface area contributed by atoms with Crippen molar-refractivity contribution in [1.82, 2.24) is 0 Å². The third kappa shape index (κ3) is 3.37. The zero-order valence-corrected chi connectivity index (χ0v) is 8.62. The van der Waals surface area contributed by atoms with Crippen molar-refractivity contribution < 1.29 is 9.90 Å². The fourth-order valence-corrected chi connectivity index (χ4v) is 2.31. The van der Waals surface area contributed by atoms with E-state index in [1.54, 1.807) is 0 Å². The van der Waals surface area contributed by atoms with Crippen LogP contribution in [-0.4, -0.2) is 11.1 Å². The van der Waals surface area contributed by atoms with E-state index in [1.165, 1.54) is 6.42 Å². The summed E-state index contributed by atoms with van der Waals surface area (Å²) >= 11 is 0. The highest BCUT2D eigenvalue weighted by molar-refractivity contribution is 5.69. The van der Waals surface area contributed by atoms with Gasteiger partial charge in [0.25, 0.3) is 0 Å². The molecule has 0 unspecified atom stereocenters. The minimum atomic E-state index is -0.594. The maximum absolute atomic E-state index is 10.7. The summed E-state index contributed by atoms with van der Waals surface area (Å²) in [6, 6.07) is 0. The van der Waals surface area contributed by atoms with E-state index in [0.29, 0.717) is 0 Å². The SMILES string of the molecule is CC(C)C[C@H]1CC[C@@H](C(=O)O)CC1. The first-order valence-electron chi connectivity index (χ1n) is 5.32. The number of hydrogen-bond acceptors (Lipinski definition) is 1. The monoisotopic (exact) mass is 184 g/mol. The molecule has 1 saturated carbocycles. The van der Waals surface area contributed by atoms with Gasteiger partial charge in [0.2, 0.25) is 0 Å². The van der Waals surface area contributed by atoms with Crippen LogP contribution < -0.4 is 0 Å². The molecule has 0 atom stereocenters. The molecule has 0 spiro atoms. The fraction of sp³-hybridized carbons (Fsp3) is 0.909. The molecule has 1 aliphatic carbocycles. The summed E-state index contributed by atoms with van der Waals surface area (Å²) in [6.07, 6.45) is 5.30. The minimum Gasteiger partial charge on any atom is -0.481 e. The van der Waals surface area contributed by atoms with Gasteiger partial charge in [-0.3, -0.25) is 4.79 Å². The predicted molar refractivity (Wildman–Crippen MR) is 52.5 cm³/mol. The summed E-state index contributed by atoms with van der Waals surface area (Å²) in [4.78, 5) is 10.7. The standard InChI is InChI=1S/C11H20O2/c1-8(2)7-9-3-5-10(6-4-9)11(12)13/h8-10H,3-7H2,1-2H3,(H,12,13)/t9-,10+. The minimum absolute atomic E-state index is 0.0524. The Kier molecular flexibility index (Phi) is 3.76. The molecular formula is C11H20O2. The van der Waals surface area contributed by atoms with Crippen molar-refractivity contribution in [3.8, 4) is 0 Å². The van der Waals surface area contributed by atoms with Gasteiger partial charge in [-0.1, -0.05) is 13.8 Å². The van der Waals surface area contributed by atoms with E-state index in [-0.39, 0.29) is 5.92 Å². The third-order valence-electron chi connectivity index (χ3n) is 3.00. The lowest BCUT2D eigenvalue weighted by molar-refractivity contribution is -0.143. The molecule has 0 radical (unpaired) electrons. The third-order valence-corrected chi connectivity index (χ3v) is 3.00. The first kappa shape index (κ1) is 10.6. The average molecular weight is 184 g/mol. The van der Waals surface area contributed by atoms with Gasteiger partial charge in [0, 0.05) is 0 Å². The first-order valence-corrected chi connectivity index (χ1v) is 5.32. The Hall–Kier alpha value is -0.530. The van der Waals surface area contributed by atoms with E-state index in [2.05, 4.69) is 13.8 Å². The molecule has 0 aromatic rings. The van der Waals surface area contributed by atoms with Gasteiger partial charge in [0.1, 0.15) is 0 Å². The van der Waals surface area contributed by atoms with Crippen LogP contribution >= 0.6 is 0 Å². The molecule has 2 heteroatoms. The van der Waals surface area contributed by atoms with E-state index < -0.39 is 5.97 Å². The van der Waals surface area contributed by atoms with Crippen LogP contribution in [0.5, 0.6) is 0 Å². The number of aliphatic carboxylic acids is 1. The normalized spacial score (nSPS) is 29.2. The van der Waals surface area contributed by atoms with E-state index in [0.717, 1.165) is 37.5 Å². The number of carboxylic acids is 1. The van der Waals surface area contributed by atoms with Crippen LogP contribution in [0.3, 0.4) is 0 Å². The molecule has 1 N–H and O–H groups in total. The Morgan fingerprint density at radius 3 is 2.23 bits per heavy atom. The van der Waals surface area contributed by atoms with Gasteiger partial charge in [0.15, 0.2) is 0 Å². The predicted octanol–water partition coefficient (Wildman–Crippen LogP) is 2.92. The first-order chi connectivity index (χ1) is 6.09. The molecule has 76 valence electrons. The Morgan fingerprint density at radius 2 is 1.85 bits per heavy atom. The molecule has 0 aromatic carbocycles. The lowest BCUT2D eigenvalue weighted by Gasteiger charge is -2.27. The molecule has 0 amide bonds. The Balaban J connectivity index is 2.26. The van der Waals surface area contributed by atoms with Crippen LogP contribution in [0.2, 0.25) is 0 Å². The Labute approximate surface area is 80.3 Å². The van der Waals surface area contributed by atoms with Crippen molar-refractivity contribution in [1.29, 1.82) is 0 Å². The highest BCUT2D eigenvalue weighted by atomic mass is 16.4. The van der Waals surface area contributed by atoms with Gasteiger partial charge in [-0.05, 0) is 43.9 Å². The fourth-order valence-electron chi connectivity index (χ4n) is 2.31. The van der Waals surface area contributed by atoms with Crippen molar-refractivity contribution in [2.75, 3.05) is 0 Å². The second-order valence-corrected chi connectivity index (χ2v) is 4.69. The maximum atomic E-state index is 10.7. The second-order valence-electron chi connectivity index (χ2n) is 4.69. The summed E-state index contributed by atoms with van der Waals surface area (Å²) < 4.78 is 0. The Morgan fingerprint density at radius 1 is 1.31 bits per heavy atom. The lowest BCUT2D eigenvalue weighted by atomic mass is 9.78. The van der Waals surface area contributed by atoms with Crippen molar-refractivity contribution >= 4 is 5.97 Å². The summed E-state index contributed by atoms with van der Waals surface area (Å²) in [5, 5.41) is 8.81. The van der Waals surface area contributed by atoms with Crippen LogP contribution in [-0.2, 0) is 4.79 Å². The van der Waals surface area contributed by atoms with E-state index in [1.807, 2.05) is 0 Å². The van der Waals surface area contributed by atoms with Crippen LogP contribution in [0.25, 0.3) is 0 Å². The van der Waals surface area contributed by atoms with Crippen LogP contribution in [0.4, 0.5) is 0 Å². The van der Waals surface area contributed by atoms with Crippen LogP contribution in [0, 0.1) is 17.8 Å². The lowest BCUT2D eigenvalue weighted by Crippen LogP contribution is -2.22. The molecule has 0 heterocycles. The number of hydrogen-bond donors (Lipinski definition) is 1. The van der Waals surface area contributed by atoms with Gasteiger partial charge < -0.3 is 5.11 Å². The molecule has 0 aliphatic heterocycles. The molecular weight excluding hydrogens is 164 g/mol. The molecule has 0 aromatic heterocycles. The Bertz CT molecular complexity index is 167. The zero-order chi connectivity index (χ0) is 9.84. The smallest absolute Gasteiger partial charge is 0.306 e. The van der Waals surface area contributed by atoms with Gasteiger partial charge in [-0.15, -0.1) is 0 Å². The van der Waals surface area contributed by atoms with Crippen molar-refractivity contribution in [2.45, 2.75) is 46.0 Å². The molecule has 1 aliphatic rings. The van der Waals surface area contributed by atoms with E-state index in [4.69, 9.17) is 5.11 Å². The van der Waals surface area contributed by atoms with Crippen LogP contribution in [0.1, 0.15) is 46.0 Å². The summed E-state index contributed by atoms with van der Waals surface area (Å²) in [5.41, 5.74) is 0. The molecule has 0 bridgehead atoms. The molecule has 1 rings (SSSR count). The van der Waals surface area contributed by atoms with Gasteiger partial charge in [0.05, 0.1) is 5.92 Å². The highest BCUT2D eigenvalue weighted by Gasteiger charge is 2.25. The molecule has 0 saturated heterocycles. The van der Waals surface area contributed by atoms with Gasteiger partial charge in [-0.25, -0.2) is 0 Å². The van der Waals surface area contributed by atoms with Crippen molar-refractivity contribution in [3.05, 3.63) is 0 Å². The van der Waals surface area contributed by atoms with Gasteiger partial charge >= 0.3 is 5.97 Å². The number of carboxylic acid groups (broad SMARTS) is 1. The summed E-state index contributed by atoms with van der Waals surface area (Å²) in [5.74, 6) is 0.897. The zero-order valence-electron chi connectivity index (χ0n) is 8.62. The molecule has 2 nitrogen and oxygen atoms in total. The van der Waals surface area contributed by atoms with Crippen LogP contribution in [0.15, 0.2) is 0 Å². The summed E-state index contributed by atoms with van der Waals surface area (Å²) in [6.45, 7) is 4.48. The average Bonchev–Trinajstić information content (AvgIpc) is 2.04. The summed E-state index contributed by atoms with van der Waals surface area (Å²) in [7, 11) is 0. The number of rotatable bonds is 3. The highest BCUT2D eigenvalue weighted by Crippen LogP contribution is 2.32. The topological polar surface area (TPSA) is 37.3 Å². The molecule has 13 heavy (non-hydrogen) atoms. The quantitative estimate of drug-likeness (QED) is 0.732. The van der Waals surface area contributed by atoms with E-state index in [9.17, 15) is 4.79 Å². The maximum Gasteiger partial charge on any atom is 0.306 e. The van der Waals surface area contributed by atoms with Crippen molar-refractivity contribution in [2.24, 2.45) is 17.8 Å². The van der Waals surface area contributed by atoms with E-state index >= 15 is 0 Å². The number of carbonyl (C=O) groups is 1. The van der Waals surface area contributed by atoms with Gasteiger partial charge in [-0.2, -0.15) is 0 Å². The van der Waals surface area contributed by atoms with Crippen molar-refractivity contribution in [3.63, 3.8) is 0 Å².